The van der Waals surface area contributed by atoms with Crippen LogP contribution in [-0.4, -0.2) is 41.3 Å². The number of anilines is 1. The number of thiophene rings is 1. The van der Waals surface area contributed by atoms with Crippen molar-refractivity contribution in [2.45, 2.75) is 25.3 Å². The molecule has 0 unspecified atom stereocenters. The molecule has 0 atom stereocenters. The van der Waals surface area contributed by atoms with Gasteiger partial charge < -0.3 is 5.32 Å². The number of benzene rings is 2. The highest BCUT2D eigenvalue weighted by Crippen LogP contribution is 2.30. The second kappa shape index (κ2) is 10.1. The second-order valence-corrected chi connectivity index (χ2v) is 10.5. The van der Waals surface area contributed by atoms with E-state index in [0.29, 0.717) is 40.1 Å². The van der Waals surface area contributed by atoms with Gasteiger partial charge >= 0.3 is 0 Å². The summed E-state index contributed by atoms with van der Waals surface area (Å²) in [6.45, 7) is 3.97. The van der Waals surface area contributed by atoms with Crippen LogP contribution in [0.5, 0.6) is 0 Å². The number of fused-ring (bicyclic) bond motifs is 1. The maximum atomic E-state index is 13.3. The molecule has 0 aliphatic carbocycles. The van der Waals surface area contributed by atoms with Gasteiger partial charge in [-0.15, -0.1) is 11.3 Å². The molecule has 0 radical (unpaired) electrons. The van der Waals surface area contributed by atoms with Crippen molar-refractivity contribution in [1.82, 2.24) is 13.9 Å². The van der Waals surface area contributed by atoms with E-state index in [0.717, 1.165) is 0 Å². The Morgan fingerprint density at radius 2 is 1.74 bits per heavy atom. The molecule has 0 spiro atoms. The molecule has 2 aromatic heterocycles. The predicted octanol–water partition coefficient (Wildman–Crippen LogP) is 3.93. The zero-order valence-corrected chi connectivity index (χ0v) is 20.7. The number of amides is 1. The summed E-state index contributed by atoms with van der Waals surface area (Å²) in [6.07, 6.45) is 1.31. The van der Waals surface area contributed by atoms with Gasteiger partial charge in [-0.3, -0.25) is 14.2 Å². The molecule has 0 aliphatic heterocycles. The number of hydrogen-bond acceptors (Lipinski definition) is 6. The lowest BCUT2D eigenvalue weighted by Gasteiger charge is -2.18. The first-order valence-electron chi connectivity index (χ1n) is 10.9. The lowest BCUT2D eigenvalue weighted by atomic mass is 10.1. The van der Waals surface area contributed by atoms with Gasteiger partial charge in [0.05, 0.1) is 16.6 Å². The van der Waals surface area contributed by atoms with Crippen LogP contribution in [0, 0.1) is 5.82 Å². The average Bonchev–Trinajstić information content (AvgIpc) is 3.27. The summed E-state index contributed by atoms with van der Waals surface area (Å²) >= 11 is 1.29. The fourth-order valence-corrected chi connectivity index (χ4v) is 6.06. The van der Waals surface area contributed by atoms with Crippen molar-refractivity contribution in [1.29, 1.82) is 0 Å². The highest BCUT2D eigenvalue weighted by atomic mass is 32.2. The number of sulfonamides is 1. The van der Waals surface area contributed by atoms with Crippen molar-refractivity contribution in [3.8, 4) is 11.1 Å². The molecular weight excluding hydrogens is 491 g/mol. The van der Waals surface area contributed by atoms with Crippen molar-refractivity contribution in [3.05, 3.63) is 76.4 Å². The molecule has 4 rings (SSSR count). The second-order valence-electron chi connectivity index (χ2n) is 7.68. The fraction of sp³-hybridized carbons (Fsp3) is 0.208. The van der Waals surface area contributed by atoms with Crippen molar-refractivity contribution in [2.75, 3.05) is 18.4 Å². The summed E-state index contributed by atoms with van der Waals surface area (Å²) in [7, 11) is -3.60. The Hall–Kier alpha value is -3.41. The summed E-state index contributed by atoms with van der Waals surface area (Å²) in [5.74, 6) is -0.842. The molecule has 11 heteroatoms. The Balaban J connectivity index is 1.53. The Morgan fingerprint density at radius 3 is 2.37 bits per heavy atom. The molecule has 0 bridgehead atoms. The molecule has 4 aromatic rings. The minimum absolute atomic E-state index is 0.135. The summed E-state index contributed by atoms with van der Waals surface area (Å²) in [6, 6.07) is 11.7. The number of carbonyl (C=O) groups excluding carboxylic acids is 1. The van der Waals surface area contributed by atoms with Crippen molar-refractivity contribution in [2.24, 2.45) is 0 Å². The van der Waals surface area contributed by atoms with Crippen LogP contribution in [0.3, 0.4) is 0 Å². The van der Waals surface area contributed by atoms with E-state index in [1.807, 2.05) is 0 Å². The largest absolute Gasteiger partial charge is 0.325 e. The molecule has 0 saturated heterocycles. The third-order valence-corrected chi connectivity index (χ3v) is 8.46. The number of nitrogens with one attached hydrogen (secondary N) is 1. The lowest BCUT2D eigenvalue weighted by Crippen LogP contribution is -2.30. The average molecular weight is 515 g/mol. The Kier molecular flexibility index (Phi) is 7.10. The topological polar surface area (TPSA) is 101 Å². The number of nitrogens with zero attached hydrogens (tertiary/aromatic N) is 3. The van der Waals surface area contributed by atoms with Gasteiger partial charge in [-0.05, 0) is 42.0 Å². The van der Waals surface area contributed by atoms with E-state index >= 15 is 0 Å². The van der Waals surface area contributed by atoms with E-state index in [1.54, 1.807) is 31.4 Å². The van der Waals surface area contributed by atoms with Crippen molar-refractivity contribution >= 4 is 43.2 Å². The van der Waals surface area contributed by atoms with E-state index in [4.69, 9.17) is 0 Å². The van der Waals surface area contributed by atoms with Gasteiger partial charge in [0.2, 0.25) is 15.9 Å². The number of halogens is 1. The molecule has 1 amide bonds. The quantitative estimate of drug-likeness (QED) is 0.384. The summed E-state index contributed by atoms with van der Waals surface area (Å²) in [4.78, 5) is 30.7. The zero-order valence-electron chi connectivity index (χ0n) is 19.1. The lowest BCUT2D eigenvalue weighted by molar-refractivity contribution is -0.116. The summed E-state index contributed by atoms with van der Waals surface area (Å²) in [5.41, 5.74) is 1.32. The van der Waals surface area contributed by atoms with Gasteiger partial charge in [-0.1, -0.05) is 26.0 Å². The van der Waals surface area contributed by atoms with Crippen LogP contribution in [0.4, 0.5) is 10.1 Å². The van der Waals surface area contributed by atoms with Crippen LogP contribution >= 0.6 is 11.3 Å². The van der Waals surface area contributed by atoms with Gasteiger partial charge in [-0.25, -0.2) is 17.8 Å². The third-order valence-electron chi connectivity index (χ3n) is 5.51. The Bertz CT molecular complexity index is 1520. The van der Waals surface area contributed by atoms with Crippen LogP contribution in [0.25, 0.3) is 21.3 Å². The van der Waals surface area contributed by atoms with Crippen LogP contribution in [0.2, 0.25) is 0 Å². The number of hydrogen-bond donors (Lipinski definition) is 1. The van der Waals surface area contributed by atoms with E-state index in [2.05, 4.69) is 10.3 Å². The predicted molar refractivity (Wildman–Crippen MR) is 134 cm³/mol. The molecule has 182 valence electrons. The van der Waals surface area contributed by atoms with Crippen molar-refractivity contribution in [3.63, 3.8) is 0 Å². The zero-order chi connectivity index (χ0) is 25.2. The van der Waals surface area contributed by atoms with E-state index < -0.39 is 15.9 Å². The first kappa shape index (κ1) is 24.7. The smallest absolute Gasteiger partial charge is 0.263 e. The summed E-state index contributed by atoms with van der Waals surface area (Å²) in [5, 5.41) is 4.82. The molecular formula is C24H23FN4O4S2. The van der Waals surface area contributed by atoms with Gasteiger partial charge in [0.1, 0.15) is 17.2 Å². The molecule has 1 N–H and O–H groups in total. The van der Waals surface area contributed by atoms with E-state index in [9.17, 15) is 22.4 Å². The monoisotopic (exact) mass is 514 g/mol. The van der Waals surface area contributed by atoms with Gasteiger partial charge in [-0.2, -0.15) is 4.31 Å². The normalized spacial score (nSPS) is 11.8. The molecule has 2 heterocycles. The number of rotatable bonds is 8. The third kappa shape index (κ3) is 5.02. The highest BCUT2D eigenvalue weighted by Gasteiger charge is 2.21. The molecule has 2 aromatic carbocycles. The van der Waals surface area contributed by atoms with Crippen molar-refractivity contribution < 1.29 is 17.6 Å². The van der Waals surface area contributed by atoms with Crippen LogP contribution in [0.1, 0.15) is 13.8 Å². The molecule has 35 heavy (non-hydrogen) atoms. The molecule has 8 nitrogen and oxygen atoms in total. The van der Waals surface area contributed by atoms with E-state index in [1.165, 1.54) is 62.9 Å². The molecule has 0 aliphatic rings. The standard InChI is InChI=1S/C24H23FN4O4S2/c1-3-29(4-2)35(32,33)19-11-9-18(10-12-19)27-21(30)13-28-15-26-23-22(24(28)31)20(14-34-23)16-5-7-17(25)8-6-16/h5-12,14-15H,3-4,13H2,1-2H3,(H,27,30). The van der Waals surface area contributed by atoms with Gasteiger partial charge in [0.25, 0.3) is 5.56 Å². The fourth-order valence-electron chi connectivity index (χ4n) is 3.70. The maximum Gasteiger partial charge on any atom is 0.263 e. The number of carbonyl (C=O) groups is 1. The van der Waals surface area contributed by atoms with Crippen LogP contribution < -0.4 is 10.9 Å². The molecule has 0 fully saturated rings. The van der Waals surface area contributed by atoms with Crippen LogP contribution in [0.15, 0.2) is 69.9 Å². The first-order chi connectivity index (χ1) is 16.7. The minimum atomic E-state index is -3.60. The Morgan fingerprint density at radius 1 is 1.09 bits per heavy atom. The minimum Gasteiger partial charge on any atom is -0.325 e. The number of aromatic nitrogens is 2. The maximum absolute atomic E-state index is 13.3. The highest BCUT2D eigenvalue weighted by molar-refractivity contribution is 7.89. The SMILES string of the molecule is CCN(CC)S(=O)(=O)c1ccc(NC(=O)Cn2cnc3scc(-c4ccc(F)cc4)c3c2=O)cc1. The van der Waals surface area contributed by atoms with E-state index in [-0.39, 0.29) is 22.8 Å². The first-order valence-corrected chi connectivity index (χ1v) is 13.2. The molecule has 0 saturated carbocycles. The van der Waals surface area contributed by atoms with Gasteiger partial charge in [0.15, 0.2) is 0 Å². The van der Waals surface area contributed by atoms with Gasteiger partial charge in [0, 0.05) is 29.7 Å². The summed E-state index contributed by atoms with van der Waals surface area (Å²) < 4.78 is 41.1. The Labute approximate surface area is 205 Å². The van der Waals surface area contributed by atoms with Crippen LogP contribution in [-0.2, 0) is 21.4 Å².